The summed E-state index contributed by atoms with van der Waals surface area (Å²) in [5.74, 6) is 1.05. The van der Waals surface area contributed by atoms with E-state index in [9.17, 15) is 4.79 Å². The molecule has 1 rings (SSSR count). The molecule has 1 N–H and O–H groups in total. The van der Waals surface area contributed by atoms with Crippen molar-refractivity contribution in [2.75, 3.05) is 24.4 Å². The summed E-state index contributed by atoms with van der Waals surface area (Å²) in [6.45, 7) is 4.00. The molecule has 0 saturated heterocycles. The number of aryl methyl sites for hydroxylation is 1. The summed E-state index contributed by atoms with van der Waals surface area (Å²) in [4.78, 5) is 13.9. The second-order valence-corrected chi connectivity index (χ2v) is 6.05. The van der Waals surface area contributed by atoms with Crippen molar-refractivity contribution in [1.82, 2.24) is 4.90 Å². The summed E-state index contributed by atoms with van der Waals surface area (Å²) in [5, 5.41) is 3.53. The van der Waals surface area contributed by atoms with Crippen LogP contribution in [0.1, 0.15) is 18.9 Å². The van der Waals surface area contributed by atoms with Crippen molar-refractivity contribution in [2.45, 2.75) is 26.3 Å². The average Bonchev–Trinajstić information content (AvgIpc) is 2.39. The van der Waals surface area contributed by atoms with Gasteiger partial charge in [0.2, 0.25) is 0 Å². The molecule has 1 atom stereocenters. The van der Waals surface area contributed by atoms with Gasteiger partial charge in [-0.1, -0.05) is 17.7 Å². The third-order valence-electron chi connectivity index (χ3n) is 3.16. The lowest BCUT2D eigenvalue weighted by atomic mass is 10.2. The van der Waals surface area contributed by atoms with Crippen LogP contribution >= 0.6 is 23.4 Å². The van der Waals surface area contributed by atoms with E-state index in [4.69, 9.17) is 11.6 Å². The Kier molecular flexibility index (Phi) is 6.52. The summed E-state index contributed by atoms with van der Waals surface area (Å²) < 4.78 is 0. The van der Waals surface area contributed by atoms with E-state index in [-0.39, 0.29) is 12.1 Å². The molecular formula is C14H21ClN2OS. The molecule has 0 aliphatic rings. The summed E-state index contributed by atoms with van der Waals surface area (Å²) in [7, 11) is 1.82. The summed E-state index contributed by atoms with van der Waals surface area (Å²) >= 11 is 7.73. The van der Waals surface area contributed by atoms with Crippen LogP contribution in [-0.2, 0) is 0 Å². The number of carbonyl (C=O) groups excluding carboxylic acids is 1. The molecule has 19 heavy (non-hydrogen) atoms. The quantitative estimate of drug-likeness (QED) is 0.881. The van der Waals surface area contributed by atoms with Crippen LogP contribution in [0.15, 0.2) is 18.2 Å². The first-order valence-corrected chi connectivity index (χ1v) is 8.01. The molecule has 0 aromatic heterocycles. The molecule has 3 nitrogen and oxygen atoms in total. The first kappa shape index (κ1) is 16.2. The monoisotopic (exact) mass is 300 g/mol. The number of nitrogens with one attached hydrogen (secondary N) is 1. The molecule has 0 fully saturated rings. The maximum Gasteiger partial charge on any atom is 0.321 e. The fourth-order valence-corrected chi connectivity index (χ4v) is 2.36. The summed E-state index contributed by atoms with van der Waals surface area (Å²) in [6, 6.07) is 5.60. The van der Waals surface area contributed by atoms with Crippen LogP contribution < -0.4 is 5.32 Å². The van der Waals surface area contributed by atoms with Crippen LogP contribution in [0.2, 0.25) is 5.02 Å². The van der Waals surface area contributed by atoms with Crippen molar-refractivity contribution >= 4 is 35.1 Å². The fourth-order valence-electron chi connectivity index (χ4n) is 1.61. The van der Waals surface area contributed by atoms with Gasteiger partial charge in [-0.2, -0.15) is 11.8 Å². The molecule has 1 aromatic rings. The molecule has 0 radical (unpaired) electrons. The second-order valence-electron chi connectivity index (χ2n) is 4.63. The van der Waals surface area contributed by atoms with Gasteiger partial charge in [0.25, 0.3) is 0 Å². The van der Waals surface area contributed by atoms with Crippen molar-refractivity contribution in [3.05, 3.63) is 28.8 Å². The van der Waals surface area contributed by atoms with E-state index in [1.165, 1.54) is 0 Å². The SMILES string of the molecule is CSCC[C@H](C)N(C)C(=O)Nc1cc(Cl)ccc1C. The Labute approximate surface area is 124 Å². The number of benzene rings is 1. The molecule has 0 aliphatic carbocycles. The maximum absolute atomic E-state index is 12.1. The number of halogens is 1. The van der Waals surface area contributed by atoms with E-state index >= 15 is 0 Å². The van der Waals surface area contributed by atoms with Gasteiger partial charge in [-0.15, -0.1) is 0 Å². The van der Waals surface area contributed by atoms with E-state index in [0.717, 1.165) is 23.4 Å². The first-order valence-electron chi connectivity index (χ1n) is 6.24. The number of thioether (sulfide) groups is 1. The lowest BCUT2D eigenvalue weighted by molar-refractivity contribution is 0.207. The Hall–Kier alpha value is -0.870. The van der Waals surface area contributed by atoms with Gasteiger partial charge in [-0.25, -0.2) is 4.79 Å². The molecule has 0 heterocycles. The number of amides is 2. The van der Waals surface area contributed by atoms with Crippen molar-refractivity contribution in [2.24, 2.45) is 0 Å². The predicted molar refractivity (Wildman–Crippen MR) is 85.4 cm³/mol. The van der Waals surface area contributed by atoms with Crippen LogP contribution in [0, 0.1) is 6.92 Å². The zero-order valence-electron chi connectivity index (χ0n) is 11.9. The number of rotatable bonds is 5. The van der Waals surface area contributed by atoms with E-state index in [1.54, 1.807) is 22.7 Å². The van der Waals surface area contributed by atoms with Crippen LogP contribution in [-0.4, -0.2) is 36.0 Å². The summed E-state index contributed by atoms with van der Waals surface area (Å²) in [6.07, 6.45) is 3.06. The largest absolute Gasteiger partial charge is 0.325 e. The van der Waals surface area contributed by atoms with E-state index in [2.05, 4.69) is 18.5 Å². The van der Waals surface area contributed by atoms with Gasteiger partial charge in [-0.05, 0) is 50.0 Å². The topological polar surface area (TPSA) is 32.3 Å². The van der Waals surface area contributed by atoms with E-state index < -0.39 is 0 Å². The van der Waals surface area contributed by atoms with Crippen molar-refractivity contribution in [3.63, 3.8) is 0 Å². The lowest BCUT2D eigenvalue weighted by Crippen LogP contribution is -2.38. The van der Waals surface area contributed by atoms with Crippen LogP contribution in [0.3, 0.4) is 0 Å². The van der Waals surface area contributed by atoms with Crippen molar-refractivity contribution < 1.29 is 4.79 Å². The van der Waals surface area contributed by atoms with Gasteiger partial charge >= 0.3 is 6.03 Å². The van der Waals surface area contributed by atoms with Crippen molar-refractivity contribution in [3.8, 4) is 0 Å². The third kappa shape index (κ3) is 4.96. The Morgan fingerprint density at radius 2 is 2.21 bits per heavy atom. The van der Waals surface area contributed by atoms with Gasteiger partial charge in [0.05, 0.1) is 0 Å². The summed E-state index contributed by atoms with van der Waals surface area (Å²) in [5.41, 5.74) is 1.77. The minimum atomic E-state index is -0.0982. The number of anilines is 1. The molecule has 0 saturated carbocycles. The molecule has 0 unspecified atom stereocenters. The fraction of sp³-hybridized carbons (Fsp3) is 0.500. The molecular weight excluding hydrogens is 280 g/mol. The number of carbonyl (C=O) groups is 1. The highest BCUT2D eigenvalue weighted by molar-refractivity contribution is 7.98. The highest BCUT2D eigenvalue weighted by Gasteiger charge is 2.16. The molecule has 2 amide bonds. The van der Waals surface area contributed by atoms with Crippen LogP contribution in [0.5, 0.6) is 0 Å². The molecule has 0 spiro atoms. The normalized spacial score (nSPS) is 12.1. The number of hydrogen-bond donors (Lipinski definition) is 1. The zero-order valence-corrected chi connectivity index (χ0v) is 13.4. The third-order valence-corrected chi connectivity index (χ3v) is 4.04. The molecule has 0 bridgehead atoms. The number of urea groups is 1. The zero-order chi connectivity index (χ0) is 14.4. The van der Waals surface area contributed by atoms with Crippen LogP contribution in [0.25, 0.3) is 0 Å². The van der Waals surface area contributed by atoms with Gasteiger partial charge in [0.15, 0.2) is 0 Å². The molecule has 106 valence electrons. The average molecular weight is 301 g/mol. The van der Waals surface area contributed by atoms with Gasteiger partial charge in [-0.3, -0.25) is 0 Å². The molecule has 1 aromatic carbocycles. The minimum absolute atomic E-state index is 0.0982. The highest BCUT2D eigenvalue weighted by Crippen LogP contribution is 2.20. The van der Waals surface area contributed by atoms with Gasteiger partial charge in [0.1, 0.15) is 0 Å². The lowest BCUT2D eigenvalue weighted by Gasteiger charge is -2.25. The first-order chi connectivity index (χ1) is 8.95. The Bertz CT molecular complexity index is 439. The second kappa shape index (κ2) is 7.65. The van der Waals surface area contributed by atoms with Gasteiger partial charge in [0, 0.05) is 23.8 Å². The number of nitrogens with zero attached hydrogens (tertiary/aromatic N) is 1. The van der Waals surface area contributed by atoms with Crippen LogP contribution in [0.4, 0.5) is 10.5 Å². The standard InChI is InChI=1S/C14H21ClN2OS/c1-10-5-6-12(15)9-13(10)16-14(18)17(3)11(2)7-8-19-4/h5-6,9,11H,7-8H2,1-4H3,(H,16,18)/t11-/m0/s1. The van der Waals surface area contributed by atoms with Crippen molar-refractivity contribution in [1.29, 1.82) is 0 Å². The minimum Gasteiger partial charge on any atom is -0.325 e. The Balaban J connectivity index is 2.65. The van der Waals surface area contributed by atoms with Gasteiger partial charge < -0.3 is 10.2 Å². The number of hydrogen-bond acceptors (Lipinski definition) is 2. The predicted octanol–water partition coefficient (Wildman–Crippen LogP) is 4.25. The Morgan fingerprint density at radius 1 is 1.53 bits per heavy atom. The van der Waals surface area contributed by atoms with E-state index in [0.29, 0.717) is 5.02 Å². The maximum atomic E-state index is 12.1. The Morgan fingerprint density at radius 3 is 2.84 bits per heavy atom. The smallest absolute Gasteiger partial charge is 0.321 e. The van der Waals surface area contributed by atoms with E-state index in [1.807, 2.05) is 26.1 Å². The highest BCUT2D eigenvalue weighted by atomic mass is 35.5. The molecule has 0 aliphatic heterocycles. The molecule has 5 heteroatoms.